The van der Waals surface area contributed by atoms with Crippen LogP contribution in [0.4, 0.5) is 4.39 Å². The number of allylic oxidation sites excluding steroid dienone is 1. The van der Waals surface area contributed by atoms with Crippen LogP contribution in [0.5, 0.6) is 5.75 Å². The van der Waals surface area contributed by atoms with E-state index in [1.165, 1.54) is 29.0 Å². The molecule has 37 heavy (non-hydrogen) atoms. The van der Waals surface area contributed by atoms with Crippen LogP contribution in [-0.4, -0.2) is 11.2 Å². The first-order valence-electron chi connectivity index (χ1n) is 12.0. The lowest BCUT2D eigenvalue weighted by Gasteiger charge is -2.30. The van der Waals surface area contributed by atoms with Crippen molar-refractivity contribution in [2.45, 2.75) is 18.9 Å². The molecule has 4 nitrogen and oxygen atoms in total. The predicted octanol–water partition coefficient (Wildman–Crippen LogP) is 5.79. The molecule has 7 heteroatoms. The van der Waals surface area contributed by atoms with Crippen molar-refractivity contribution in [2.75, 3.05) is 6.61 Å². The minimum absolute atomic E-state index is 0.105. The summed E-state index contributed by atoms with van der Waals surface area (Å²) >= 11 is 4.93. The Morgan fingerprint density at radius 2 is 1.95 bits per heavy atom. The molecular formula is C30H22BrFN2O2S. The van der Waals surface area contributed by atoms with Crippen LogP contribution >= 0.6 is 27.3 Å². The molecular weight excluding hydrogens is 551 g/mol. The molecule has 1 aliphatic carbocycles. The highest BCUT2D eigenvalue weighted by Crippen LogP contribution is 2.41. The third-order valence-corrected chi connectivity index (χ3v) is 8.27. The summed E-state index contributed by atoms with van der Waals surface area (Å²) < 4.78 is 22.6. The molecule has 1 aromatic heterocycles. The van der Waals surface area contributed by atoms with Gasteiger partial charge in [-0.1, -0.05) is 66.5 Å². The Labute approximate surface area is 225 Å². The molecule has 1 aliphatic heterocycles. The van der Waals surface area contributed by atoms with Crippen molar-refractivity contribution in [3.8, 4) is 5.75 Å². The van der Waals surface area contributed by atoms with Crippen LogP contribution in [0.1, 0.15) is 34.7 Å². The van der Waals surface area contributed by atoms with Crippen molar-refractivity contribution in [1.29, 1.82) is 0 Å². The molecule has 0 bridgehead atoms. The standard InChI is InChI=1S/C30H22BrFN2O2S/c1-2-15-36-25-14-7-18(16-24(25)31)17-26-29(35)34-28(20-8-11-21(32)12-9-20)23-13-10-19-5-3-4-6-22(19)27(23)33-30(34)37-26/h2-9,11-12,14,16-17,28H,1,10,13,15H2/b26-17+/t28-/m1/s1. The maximum absolute atomic E-state index is 13.8. The van der Waals surface area contributed by atoms with Crippen LogP contribution in [0, 0.1) is 5.82 Å². The highest BCUT2D eigenvalue weighted by molar-refractivity contribution is 9.10. The van der Waals surface area contributed by atoms with Crippen LogP contribution in [0.15, 0.2) is 99.2 Å². The number of fused-ring (bicyclic) bond motifs is 3. The van der Waals surface area contributed by atoms with E-state index in [1.54, 1.807) is 22.8 Å². The van der Waals surface area contributed by atoms with E-state index in [4.69, 9.17) is 9.73 Å². The first kappa shape index (κ1) is 23.8. The fourth-order valence-corrected chi connectivity index (χ4v) is 6.50. The average Bonchev–Trinajstić information content (AvgIpc) is 3.22. The molecule has 0 unspecified atom stereocenters. The molecule has 2 heterocycles. The third kappa shape index (κ3) is 4.32. The lowest BCUT2D eigenvalue weighted by atomic mass is 9.83. The van der Waals surface area contributed by atoms with Crippen LogP contribution in [0.3, 0.4) is 0 Å². The zero-order chi connectivity index (χ0) is 25.5. The largest absolute Gasteiger partial charge is 0.488 e. The molecule has 0 saturated heterocycles. The molecule has 0 saturated carbocycles. The van der Waals surface area contributed by atoms with Crippen LogP contribution in [-0.2, 0) is 6.42 Å². The number of benzene rings is 3. The second-order valence-corrected chi connectivity index (χ2v) is 10.8. The molecule has 0 radical (unpaired) electrons. The van der Waals surface area contributed by atoms with E-state index < -0.39 is 0 Å². The SMILES string of the molecule is C=CCOc1ccc(/C=c2/sc3n(c2=O)[C@H](c2ccc(F)cc2)C2=C(N=3)c3ccccc3CC2)cc1Br. The van der Waals surface area contributed by atoms with E-state index in [1.807, 2.05) is 36.4 Å². The van der Waals surface area contributed by atoms with Gasteiger partial charge in [-0.2, -0.15) is 0 Å². The summed E-state index contributed by atoms with van der Waals surface area (Å²) in [6, 6.07) is 20.1. The maximum Gasteiger partial charge on any atom is 0.271 e. The van der Waals surface area contributed by atoms with Gasteiger partial charge in [0.25, 0.3) is 5.56 Å². The summed E-state index contributed by atoms with van der Waals surface area (Å²) in [5, 5.41) is 0. The van der Waals surface area contributed by atoms with Crippen molar-refractivity contribution in [3.63, 3.8) is 0 Å². The summed E-state index contributed by atoms with van der Waals surface area (Å²) in [6.07, 6.45) is 5.24. The van der Waals surface area contributed by atoms with Gasteiger partial charge in [0, 0.05) is 5.56 Å². The molecule has 2 aliphatic rings. The van der Waals surface area contributed by atoms with E-state index in [0.29, 0.717) is 21.7 Å². The van der Waals surface area contributed by atoms with Gasteiger partial charge in [0.1, 0.15) is 18.2 Å². The summed E-state index contributed by atoms with van der Waals surface area (Å²) in [5.74, 6) is 0.409. The van der Waals surface area contributed by atoms with Crippen molar-refractivity contribution in [2.24, 2.45) is 4.99 Å². The van der Waals surface area contributed by atoms with Gasteiger partial charge in [-0.3, -0.25) is 9.36 Å². The highest BCUT2D eigenvalue weighted by atomic mass is 79.9. The molecule has 6 rings (SSSR count). The number of rotatable bonds is 5. The normalized spacial score (nSPS) is 16.5. The van der Waals surface area contributed by atoms with Gasteiger partial charge in [0.05, 0.1) is 20.7 Å². The monoisotopic (exact) mass is 572 g/mol. The van der Waals surface area contributed by atoms with Crippen LogP contribution < -0.4 is 19.6 Å². The molecule has 184 valence electrons. The van der Waals surface area contributed by atoms with Crippen LogP contribution in [0.2, 0.25) is 0 Å². The van der Waals surface area contributed by atoms with E-state index in [0.717, 1.165) is 45.3 Å². The summed E-state index contributed by atoms with van der Waals surface area (Å²) in [7, 11) is 0. The van der Waals surface area contributed by atoms with Crippen molar-refractivity contribution < 1.29 is 9.13 Å². The molecule has 0 fully saturated rings. The Bertz CT molecular complexity index is 1750. The Morgan fingerprint density at radius 1 is 1.14 bits per heavy atom. The second-order valence-electron chi connectivity index (χ2n) is 8.95. The molecule has 0 amide bonds. The number of thiazole rings is 1. The van der Waals surface area contributed by atoms with E-state index in [9.17, 15) is 9.18 Å². The third-order valence-electron chi connectivity index (χ3n) is 6.67. The van der Waals surface area contributed by atoms with Gasteiger partial charge in [0.2, 0.25) is 0 Å². The smallest absolute Gasteiger partial charge is 0.271 e. The van der Waals surface area contributed by atoms with E-state index >= 15 is 0 Å². The van der Waals surface area contributed by atoms with Gasteiger partial charge in [-0.25, -0.2) is 9.38 Å². The van der Waals surface area contributed by atoms with Crippen LogP contribution in [0.25, 0.3) is 11.8 Å². The van der Waals surface area contributed by atoms with Gasteiger partial charge >= 0.3 is 0 Å². The zero-order valence-corrected chi connectivity index (χ0v) is 22.2. The van der Waals surface area contributed by atoms with Gasteiger partial charge in [-0.15, -0.1) is 0 Å². The minimum Gasteiger partial charge on any atom is -0.488 e. The Hall–Kier alpha value is -3.55. The molecule has 0 spiro atoms. The minimum atomic E-state index is -0.330. The fourth-order valence-electron chi connectivity index (χ4n) is 4.99. The highest BCUT2D eigenvalue weighted by Gasteiger charge is 2.32. The van der Waals surface area contributed by atoms with E-state index in [2.05, 4.69) is 34.6 Å². The Morgan fingerprint density at radius 3 is 2.73 bits per heavy atom. The summed E-state index contributed by atoms with van der Waals surface area (Å²) in [6.45, 7) is 4.09. The number of hydrogen-bond acceptors (Lipinski definition) is 4. The lowest BCUT2D eigenvalue weighted by Crippen LogP contribution is -2.38. The Kier molecular flexibility index (Phi) is 6.26. The molecule has 1 atom stereocenters. The topological polar surface area (TPSA) is 43.6 Å². The van der Waals surface area contributed by atoms with E-state index in [-0.39, 0.29) is 17.4 Å². The molecule has 0 N–H and O–H groups in total. The first-order chi connectivity index (χ1) is 18.0. The lowest BCUT2D eigenvalue weighted by molar-refractivity contribution is 0.361. The molecule has 4 aromatic rings. The first-order valence-corrected chi connectivity index (χ1v) is 13.6. The number of ether oxygens (including phenoxy) is 1. The Balaban J connectivity index is 1.53. The quantitative estimate of drug-likeness (QED) is 0.284. The van der Waals surface area contributed by atoms with Gasteiger partial charge in [0.15, 0.2) is 4.80 Å². The predicted molar refractivity (Wildman–Crippen MR) is 149 cm³/mol. The number of halogens is 2. The van der Waals surface area contributed by atoms with Crippen molar-refractivity contribution in [3.05, 3.63) is 137 Å². The average molecular weight is 573 g/mol. The number of aryl methyl sites for hydroxylation is 1. The fraction of sp³-hybridized carbons (Fsp3) is 0.133. The molecule has 3 aromatic carbocycles. The summed E-state index contributed by atoms with van der Waals surface area (Å²) in [5.41, 5.74) is 6.02. The number of aromatic nitrogens is 1. The maximum atomic E-state index is 13.8. The van der Waals surface area contributed by atoms with Gasteiger partial charge in [-0.05, 0) is 81.4 Å². The van der Waals surface area contributed by atoms with Crippen molar-refractivity contribution in [1.82, 2.24) is 4.57 Å². The number of hydrogen-bond donors (Lipinski definition) is 0. The van der Waals surface area contributed by atoms with Crippen molar-refractivity contribution >= 4 is 39.0 Å². The van der Waals surface area contributed by atoms with Gasteiger partial charge < -0.3 is 4.74 Å². The number of nitrogens with zero attached hydrogens (tertiary/aromatic N) is 2. The zero-order valence-electron chi connectivity index (χ0n) is 19.8. The summed E-state index contributed by atoms with van der Waals surface area (Å²) in [4.78, 5) is 19.5. The second kappa shape index (κ2) is 9.72.